The predicted molar refractivity (Wildman–Crippen MR) is 184 cm³/mol. The summed E-state index contributed by atoms with van der Waals surface area (Å²) in [5.41, 5.74) is 19.2. The fraction of sp³-hybridized carbons (Fsp3) is 0.675. The molecule has 1 aromatic carbocycles. The van der Waals surface area contributed by atoms with Crippen LogP contribution < -0.4 is 11.1 Å². The van der Waals surface area contributed by atoms with Crippen LogP contribution in [-0.2, 0) is 0 Å². The largest absolute Gasteiger partial charge is 0.323 e. The van der Waals surface area contributed by atoms with E-state index in [0.717, 1.165) is 17.9 Å². The van der Waals surface area contributed by atoms with E-state index in [-0.39, 0.29) is 11.0 Å². The normalized spacial score (nSPS) is 37.0. The van der Waals surface area contributed by atoms with E-state index >= 15 is 0 Å². The van der Waals surface area contributed by atoms with E-state index in [0.29, 0.717) is 22.7 Å². The van der Waals surface area contributed by atoms with E-state index in [1.54, 1.807) is 11.1 Å². The Morgan fingerprint density at radius 3 is 2.36 bits per heavy atom. The van der Waals surface area contributed by atoms with Gasteiger partial charge in [-0.2, -0.15) is 0 Å². The van der Waals surface area contributed by atoms with Crippen LogP contribution in [0.25, 0.3) is 5.57 Å². The van der Waals surface area contributed by atoms with Crippen LogP contribution in [0.3, 0.4) is 0 Å². The highest BCUT2D eigenvalue weighted by molar-refractivity contribution is 5.63. The van der Waals surface area contributed by atoms with Gasteiger partial charge in [0.15, 0.2) is 0 Å². The van der Waals surface area contributed by atoms with Gasteiger partial charge in [0.2, 0.25) is 0 Å². The molecule has 0 bridgehead atoms. The third-order valence-corrected chi connectivity index (χ3v) is 12.7. The molecule has 2 nitrogen and oxygen atoms in total. The molecule has 0 amide bonds. The third-order valence-electron chi connectivity index (χ3n) is 12.7. The van der Waals surface area contributed by atoms with Crippen LogP contribution in [0.2, 0.25) is 0 Å². The lowest BCUT2D eigenvalue weighted by Gasteiger charge is -2.61. The molecule has 7 unspecified atom stereocenters. The molecule has 0 heterocycles. The lowest BCUT2D eigenvalue weighted by molar-refractivity contribution is -0.0158. The number of nitrogens with two attached hydrogens (primary N) is 1. The second-order valence-corrected chi connectivity index (χ2v) is 15.4. The fourth-order valence-corrected chi connectivity index (χ4v) is 10.3. The summed E-state index contributed by atoms with van der Waals surface area (Å²) in [5.74, 6) is 1.76. The van der Waals surface area contributed by atoms with E-state index < -0.39 is 0 Å². The summed E-state index contributed by atoms with van der Waals surface area (Å²) < 4.78 is 0. The van der Waals surface area contributed by atoms with Crippen molar-refractivity contribution in [1.29, 1.82) is 0 Å². The van der Waals surface area contributed by atoms with E-state index in [4.69, 9.17) is 5.73 Å². The molecule has 3 N–H and O–H groups in total. The molecule has 4 aliphatic rings. The minimum atomic E-state index is -0.159. The standard InChI is InChI=1S/C38H55N.C2H7N/c1-8-11-12-21-36(6)23-19-33-37(36,7)26-32(29-15-13-28(14-16-29)27(4)10-3)34-31-18-22-35(5,20-9-2)25-30(31)17-24-38(33,34)39;1-3-2/h8,13-16,30,32-33H,1,3,9,11-12,17-26,39H2,2,4-7H3;3H,1-2H3. The molecular formula is C40H62N2. The number of unbranched alkanes of at least 4 members (excludes halogenated alkanes) is 1. The van der Waals surface area contributed by atoms with Gasteiger partial charge in [-0.05, 0) is 148 Å². The van der Waals surface area contributed by atoms with Gasteiger partial charge in [-0.3, -0.25) is 0 Å². The average Bonchev–Trinajstić information content (AvgIpc) is 3.23. The molecule has 7 atom stereocenters. The zero-order valence-electron chi connectivity index (χ0n) is 28.3. The number of fused-ring (bicyclic) bond motifs is 4. The van der Waals surface area contributed by atoms with Crippen LogP contribution in [0.5, 0.6) is 0 Å². The van der Waals surface area contributed by atoms with Gasteiger partial charge in [-0.15, -0.1) is 12.3 Å². The molecule has 4 aliphatic carbocycles. The second kappa shape index (κ2) is 13.0. The van der Waals surface area contributed by atoms with Crippen molar-refractivity contribution < 1.29 is 0 Å². The fourth-order valence-electron chi connectivity index (χ4n) is 10.3. The summed E-state index contributed by atoms with van der Waals surface area (Å²) in [6, 6.07) is 9.43. The molecular weight excluding hydrogens is 508 g/mol. The molecule has 232 valence electrons. The number of nitrogens with one attached hydrogen (secondary N) is 1. The first kappa shape index (κ1) is 33.0. The highest BCUT2D eigenvalue weighted by Gasteiger charge is 2.65. The number of rotatable bonds is 8. The Labute approximate surface area is 259 Å². The van der Waals surface area contributed by atoms with E-state index in [9.17, 15) is 0 Å². The van der Waals surface area contributed by atoms with Gasteiger partial charge < -0.3 is 11.1 Å². The maximum atomic E-state index is 7.87. The molecule has 2 heteroatoms. The predicted octanol–water partition coefficient (Wildman–Crippen LogP) is 10.4. The van der Waals surface area contributed by atoms with Crippen LogP contribution in [0.1, 0.15) is 135 Å². The maximum absolute atomic E-state index is 7.87. The molecule has 0 aromatic heterocycles. The Morgan fingerprint density at radius 2 is 1.74 bits per heavy atom. The van der Waals surface area contributed by atoms with Crippen molar-refractivity contribution in [2.24, 2.45) is 33.8 Å². The van der Waals surface area contributed by atoms with Gasteiger partial charge in [-0.25, -0.2) is 0 Å². The second-order valence-electron chi connectivity index (χ2n) is 15.4. The summed E-state index contributed by atoms with van der Waals surface area (Å²) in [4.78, 5) is 0. The Balaban J connectivity index is 0.00000129. The van der Waals surface area contributed by atoms with E-state index in [1.807, 2.05) is 14.1 Å². The molecule has 1 aromatic rings. The first-order valence-electron chi connectivity index (χ1n) is 17.1. The summed E-state index contributed by atoms with van der Waals surface area (Å²) in [5, 5.41) is 2.75. The van der Waals surface area contributed by atoms with Crippen LogP contribution in [0.4, 0.5) is 0 Å². The zero-order valence-corrected chi connectivity index (χ0v) is 28.3. The molecule has 0 saturated heterocycles. The van der Waals surface area contributed by atoms with Gasteiger partial charge in [0, 0.05) is 11.5 Å². The lowest BCUT2D eigenvalue weighted by Crippen LogP contribution is -2.62. The van der Waals surface area contributed by atoms with Crippen molar-refractivity contribution in [2.45, 2.75) is 130 Å². The van der Waals surface area contributed by atoms with Crippen LogP contribution >= 0.6 is 0 Å². The highest BCUT2D eigenvalue weighted by Crippen LogP contribution is 2.71. The Bertz CT molecular complexity index is 1180. The summed E-state index contributed by atoms with van der Waals surface area (Å²) >= 11 is 0. The molecule has 42 heavy (non-hydrogen) atoms. The Hall–Kier alpha value is -1.86. The van der Waals surface area contributed by atoms with Crippen molar-refractivity contribution in [2.75, 3.05) is 14.1 Å². The summed E-state index contributed by atoms with van der Waals surface area (Å²) in [7, 11) is 3.75. The maximum Gasteiger partial charge on any atom is 0.0411 e. The molecule has 3 fully saturated rings. The van der Waals surface area contributed by atoms with Crippen molar-refractivity contribution in [3.63, 3.8) is 0 Å². The van der Waals surface area contributed by atoms with Gasteiger partial charge in [-0.1, -0.05) is 76.6 Å². The monoisotopic (exact) mass is 570 g/mol. The average molecular weight is 571 g/mol. The quantitative estimate of drug-likeness (QED) is 0.185. The van der Waals surface area contributed by atoms with E-state index in [1.165, 1.54) is 88.2 Å². The number of benzene rings is 1. The first-order chi connectivity index (χ1) is 20.0. The van der Waals surface area contributed by atoms with Crippen LogP contribution in [0.15, 0.2) is 60.4 Å². The molecule has 0 spiro atoms. The zero-order chi connectivity index (χ0) is 30.8. The van der Waals surface area contributed by atoms with Gasteiger partial charge in [0.25, 0.3) is 0 Å². The highest BCUT2D eigenvalue weighted by atomic mass is 14.9. The minimum Gasteiger partial charge on any atom is -0.323 e. The minimum absolute atomic E-state index is 0.159. The SMILES string of the molecule is C=C=C(C)c1ccc(C2CC3(C)C(CCC3(C)CCCC=C)C3(N)CCC4CC(C)(CCC)CCC4=C23)cc1.CNC. The summed E-state index contributed by atoms with van der Waals surface area (Å²) in [6.45, 7) is 20.2. The van der Waals surface area contributed by atoms with Crippen molar-refractivity contribution in [1.82, 2.24) is 5.32 Å². The smallest absolute Gasteiger partial charge is 0.0411 e. The molecule has 0 radical (unpaired) electrons. The topological polar surface area (TPSA) is 38.0 Å². The number of allylic oxidation sites excluding steroid dienone is 3. The third kappa shape index (κ3) is 5.81. The van der Waals surface area contributed by atoms with Gasteiger partial charge >= 0.3 is 0 Å². The Morgan fingerprint density at radius 1 is 1.05 bits per heavy atom. The lowest BCUT2D eigenvalue weighted by atomic mass is 9.45. The van der Waals surface area contributed by atoms with Gasteiger partial charge in [0.1, 0.15) is 0 Å². The molecule has 5 rings (SSSR count). The number of hydrogen-bond donors (Lipinski definition) is 2. The Kier molecular flexibility index (Phi) is 10.2. The van der Waals surface area contributed by atoms with E-state index in [2.05, 4.69) is 89.2 Å². The van der Waals surface area contributed by atoms with Crippen LogP contribution in [0, 0.1) is 28.1 Å². The molecule has 3 saturated carbocycles. The van der Waals surface area contributed by atoms with Crippen molar-refractivity contribution in [3.05, 3.63) is 71.5 Å². The first-order valence-corrected chi connectivity index (χ1v) is 17.1. The molecule has 0 aliphatic heterocycles. The summed E-state index contributed by atoms with van der Waals surface area (Å²) in [6.07, 6.45) is 18.7. The van der Waals surface area contributed by atoms with Gasteiger partial charge in [0.05, 0.1) is 0 Å². The van der Waals surface area contributed by atoms with Crippen molar-refractivity contribution in [3.8, 4) is 0 Å². The van der Waals surface area contributed by atoms with Crippen LogP contribution in [-0.4, -0.2) is 19.6 Å². The van der Waals surface area contributed by atoms with Crippen molar-refractivity contribution >= 4 is 5.57 Å². The number of hydrogen-bond acceptors (Lipinski definition) is 2.